The summed E-state index contributed by atoms with van der Waals surface area (Å²) in [6.45, 7) is 7.49. The molecule has 1 saturated heterocycles. The normalized spacial score (nSPS) is 22.1. The number of sulfonamides is 1. The standard InChI is InChI=1S/C27H31Cl2N3O7S/c1-16-27(34,18-7-5-8-19(28)11-18)38-15-26(3,4)32(16)17(2)39-25(33)21-12-24(40(30,35)36)22(29)13-23(21)31-14-20-9-6-10-37-20/h5-13,16-17,31,34H,14-15H2,1-4H3,(H2,30,35,36)/t16-,17-,27+/m0/s1. The minimum absolute atomic E-state index is 0.101. The highest BCUT2D eigenvalue weighted by Crippen LogP contribution is 2.41. The summed E-state index contributed by atoms with van der Waals surface area (Å²) in [4.78, 5) is 15.0. The molecule has 2 aromatic carbocycles. The molecule has 2 heterocycles. The minimum Gasteiger partial charge on any atom is -0.467 e. The van der Waals surface area contributed by atoms with Crippen LogP contribution in [0.3, 0.4) is 0 Å². The molecule has 216 valence electrons. The Hall–Kier alpha value is -2.64. The lowest BCUT2D eigenvalue weighted by Gasteiger charge is -2.54. The molecule has 40 heavy (non-hydrogen) atoms. The maximum absolute atomic E-state index is 13.6. The van der Waals surface area contributed by atoms with Crippen LogP contribution in [0.25, 0.3) is 0 Å². The van der Waals surface area contributed by atoms with Crippen LogP contribution in [-0.2, 0) is 31.8 Å². The number of anilines is 1. The van der Waals surface area contributed by atoms with Gasteiger partial charge in [0.1, 0.15) is 10.7 Å². The highest BCUT2D eigenvalue weighted by atomic mass is 35.5. The second-order valence-electron chi connectivity index (χ2n) is 10.2. The summed E-state index contributed by atoms with van der Waals surface area (Å²) < 4.78 is 41.5. The molecule has 0 bridgehead atoms. The topological polar surface area (TPSA) is 144 Å². The molecule has 0 radical (unpaired) electrons. The maximum Gasteiger partial charge on any atom is 0.341 e. The number of hydrogen-bond donors (Lipinski definition) is 3. The molecule has 1 aliphatic rings. The zero-order chi connectivity index (χ0) is 29.5. The zero-order valence-corrected chi connectivity index (χ0v) is 24.7. The summed E-state index contributed by atoms with van der Waals surface area (Å²) in [5.41, 5.74) is -0.103. The van der Waals surface area contributed by atoms with Crippen LogP contribution in [0.2, 0.25) is 10.0 Å². The highest BCUT2D eigenvalue weighted by Gasteiger charge is 2.52. The molecule has 0 saturated carbocycles. The quantitative estimate of drug-likeness (QED) is 0.309. The number of benzene rings is 2. The van der Waals surface area contributed by atoms with Crippen molar-refractivity contribution < 1.29 is 32.2 Å². The Labute approximate surface area is 243 Å². The van der Waals surface area contributed by atoms with Gasteiger partial charge in [0.25, 0.3) is 0 Å². The fourth-order valence-corrected chi connectivity index (χ4v) is 6.28. The summed E-state index contributed by atoms with van der Waals surface area (Å²) in [6, 6.07) is 11.8. The average molecular weight is 613 g/mol. The van der Waals surface area contributed by atoms with E-state index in [2.05, 4.69) is 5.32 Å². The number of hydrogen-bond acceptors (Lipinski definition) is 9. The van der Waals surface area contributed by atoms with Crippen molar-refractivity contribution in [1.29, 1.82) is 0 Å². The largest absolute Gasteiger partial charge is 0.467 e. The third kappa shape index (κ3) is 6.15. The SMILES string of the molecule is C[C@H](OC(=O)c1cc(S(N)(=O)=O)c(Cl)cc1NCc1ccco1)N1[C@@H](C)[C@](O)(c2cccc(Cl)c2)OCC1(C)C. The Bertz CT molecular complexity index is 1500. The predicted octanol–water partition coefficient (Wildman–Crippen LogP) is 4.69. The third-order valence-corrected chi connectivity index (χ3v) is 8.48. The van der Waals surface area contributed by atoms with E-state index in [0.717, 1.165) is 6.07 Å². The van der Waals surface area contributed by atoms with Crippen molar-refractivity contribution in [3.05, 3.63) is 81.7 Å². The molecule has 3 atom stereocenters. The van der Waals surface area contributed by atoms with E-state index < -0.39 is 44.5 Å². The molecular formula is C27H31Cl2N3O7S. The zero-order valence-electron chi connectivity index (χ0n) is 22.4. The number of rotatable bonds is 8. The summed E-state index contributed by atoms with van der Waals surface area (Å²) in [5, 5.41) is 20.3. The second-order valence-corrected chi connectivity index (χ2v) is 12.6. The number of esters is 1. The Morgan fingerprint density at radius 3 is 2.60 bits per heavy atom. The first-order chi connectivity index (χ1) is 18.6. The second kappa shape index (κ2) is 11.3. The summed E-state index contributed by atoms with van der Waals surface area (Å²) in [7, 11) is -4.25. The van der Waals surface area contributed by atoms with Crippen molar-refractivity contribution in [3.63, 3.8) is 0 Å². The van der Waals surface area contributed by atoms with Crippen molar-refractivity contribution >= 4 is 44.9 Å². The van der Waals surface area contributed by atoms with Gasteiger partial charge in [0.2, 0.25) is 15.8 Å². The lowest BCUT2D eigenvalue weighted by atomic mass is 9.89. The van der Waals surface area contributed by atoms with E-state index in [1.807, 2.05) is 18.7 Å². The Balaban J connectivity index is 1.66. The summed E-state index contributed by atoms with van der Waals surface area (Å²) in [5.74, 6) is -2.02. The number of carbonyl (C=O) groups is 1. The van der Waals surface area contributed by atoms with Gasteiger partial charge in [-0.2, -0.15) is 0 Å². The van der Waals surface area contributed by atoms with Gasteiger partial charge in [-0.15, -0.1) is 0 Å². The van der Waals surface area contributed by atoms with Gasteiger partial charge < -0.3 is 24.3 Å². The molecular weight excluding hydrogens is 581 g/mol. The fourth-order valence-electron chi connectivity index (χ4n) is 4.99. The fraction of sp³-hybridized carbons (Fsp3) is 0.370. The number of morpholine rings is 1. The van der Waals surface area contributed by atoms with Crippen molar-refractivity contribution in [3.8, 4) is 0 Å². The van der Waals surface area contributed by atoms with E-state index in [0.29, 0.717) is 16.3 Å². The van der Waals surface area contributed by atoms with Gasteiger partial charge in [0.05, 0.1) is 41.7 Å². The van der Waals surface area contributed by atoms with Crippen LogP contribution in [0.4, 0.5) is 5.69 Å². The van der Waals surface area contributed by atoms with Crippen LogP contribution in [0, 0.1) is 0 Å². The molecule has 3 aromatic rings. The van der Waals surface area contributed by atoms with Crippen molar-refractivity contribution in [1.82, 2.24) is 4.90 Å². The number of primary sulfonamides is 1. The number of ether oxygens (including phenoxy) is 2. The van der Waals surface area contributed by atoms with Crippen LogP contribution in [0.15, 0.2) is 64.1 Å². The van der Waals surface area contributed by atoms with E-state index in [-0.39, 0.29) is 29.4 Å². The van der Waals surface area contributed by atoms with Crippen LogP contribution >= 0.6 is 23.2 Å². The van der Waals surface area contributed by atoms with Crippen LogP contribution in [-0.4, -0.2) is 48.8 Å². The first-order valence-corrected chi connectivity index (χ1v) is 14.7. The molecule has 4 rings (SSSR count). The van der Waals surface area contributed by atoms with Gasteiger partial charge in [-0.25, -0.2) is 18.4 Å². The molecule has 4 N–H and O–H groups in total. The van der Waals surface area contributed by atoms with Gasteiger partial charge in [-0.05, 0) is 64.1 Å². The van der Waals surface area contributed by atoms with E-state index in [1.165, 1.54) is 12.3 Å². The van der Waals surface area contributed by atoms with E-state index in [9.17, 15) is 18.3 Å². The van der Waals surface area contributed by atoms with Gasteiger partial charge in [0.15, 0.2) is 6.23 Å². The molecule has 0 spiro atoms. The lowest BCUT2D eigenvalue weighted by Crippen LogP contribution is -2.67. The Morgan fingerprint density at radius 1 is 1.25 bits per heavy atom. The van der Waals surface area contributed by atoms with Crippen LogP contribution < -0.4 is 10.5 Å². The van der Waals surface area contributed by atoms with E-state index in [4.69, 9.17) is 42.2 Å². The van der Waals surface area contributed by atoms with E-state index >= 15 is 0 Å². The number of halogens is 2. The van der Waals surface area contributed by atoms with Crippen molar-refractivity contribution in [2.24, 2.45) is 5.14 Å². The number of nitrogens with one attached hydrogen (secondary N) is 1. The molecule has 0 aliphatic carbocycles. The summed E-state index contributed by atoms with van der Waals surface area (Å²) >= 11 is 12.4. The maximum atomic E-state index is 13.6. The number of furan rings is 1. The Morgan fingerprint density at radius 2 is 1.98 bits per heavy atom. The molecule has 13 heteroatoms. The monoisotopic (exact) mass is 611 g/mol. The van der Waals surface area contributed by atoms with Crippen LogP contribution in [0.5, 0.6) is 0 Å². The Kier molecular flexibility index (Phi) is 8.58. The van der Waals surface area contributed by atoms with Crippen molar-refractivity contribution in [2.75, 3.05) is 11.9 Å². The molecule has 0 amide bonds. The molecule has 1 fully saturated rings. The molecule has 10 nitrogen and oxygen atoms in total. The number of nitrogens with two attached hydrogens (primary N) is 1. The van der Waals surface area contributed by atoms with Gasteiger partial charge in [0, 0.05) is 16.1 Å². The average Bonchev–Trinajstić information content (AvgIpc) is 3.38. The number of aliphatic hydroxyl groups is 1. The highest BCUT2D eigenvalue weighted by molar-refractivity contribution is 7.89. The smallest absolute Gasteiger partial charge is 0.341 e. The molecule has 1 aromatic heterocycles. The minimum atomic E-state index is -4.25. The van der Waals surface area contributed by atoms with Crippen molar-refractivity contribution in [2.45, 2.75) is 62.7 Å². The summed E-state index contributed by atoms with van der Waals surface area (Å²) in [6.07, 6.45) is 0.611. The van der Waals surface area contributed by atoms with E-state index in [1.54, 1.807) is 50.2 Å². The predicted molar refractivity (Wildman–Crippen MR) is 150 cm³/mol. The molecule has 0 unspecified atom stereocenters. The molecule has 1 aliphatic heterocycles. The van der Waals surface area contributed by atoms with Crippen LogP contribution in [0.1, 0.15) is 49.4 Å². The first kappa shape index (κ1) is 30.3. The van der Waals surface area contributed by atoms with Gasteiger partial charge in [-0.1, -0.05) is 35.3 Å². The lowest BCUT2D eigenvalue weighted by molar-refractivity contribution is -0.319. The number of carbonyl (C=O) groups excluding carboxylic acids is 1. The first-order valence-electron chi connectivity index (χ1n) is 12.4. The third-order valence-electron chi connectivity index (χ3n) is 6.87. The van der Waals surface area contributed by atoms with Gasteiger partial charge >= 0.3 is 5.97 Å². The number of nitrogens with zero attached hydrogens (tertiary/aromatic N) is 1. The van der Waals surface area contributed by atoms with Gasteiger partial charge in [-0.3, -0.25) is 4.90 Å².